The van der Waals surface area contributed by atoms with Gasteiger partial charge in [-0.2, -0.15) is 0 Å². The first-order valence-corrected chi connectivity index (χ1v) is 22.8. The van der Waals surface area contributed by atoms with Gasteiger partial charge >= 0.3 is 48.5 Å². The molecule has 14 nitrogen and oxygen atoms in total. The fourth-order valence-corrected chi connectivity index (χ4v) is 9.42. The summed E-state index contributed by atoms with van der Waals surface area (Å²) in [6, 6.07) is 0. The third kappa shape index (κ3) is 11.9. The fraction of sp³-hybridized carbons (Fsp3) is 0.739. The Kier molecular flexibility index (Phi) is 18.5. The van der Waals surface area contributed by atoms with Crippen LogP contribution in [0.4, 0.5) is 0 Å². The number of Topliss-reactive ketones (excluding diaryl/α,β-unsaturated/α-hetero) is 2. The number of esters is 2. The molecule has 6 rings (SSSR count). The monoisotopic (exact) mass is 878 g/mol. The molecule has 2 N–H and O–H groups in total. The van der Waals surface area contributed by atoms with E-state index in [0.29, 0.717) is 77.0 Å². The number of fused-ring (bicyclic) bond motifs is 4. The van der Waals surface area contributed by atoms with Gasteiger partial charge in [0.1, 0.15) is 11.6 Å². The minimum Gasteiger partial charge on any atom is -0.504 e. The average Bonchev–Trinajstić information content (AvgIpc) is 3.70. The van der Waals surface area contributed by atoms with E-state index in [1.54, 1.807) is 27.7 Å². The summed E-state index contributed by atoms with van der Waals surface area (Å²) in [6.45, 7) is 7.23. The van der Waals surface area contributed by atoms with E-state index >= 15 is 0 Å². The number of hydrogen-bond donors (Lipinski definition) is 2. The van der Waals surface area contributed by atoms with Crippen LogP contribution in [0.5, 0.6) is 0 Å². The molecular weight excluding hydrogens is 810 g/mol. The van der Waals surface area contributed by atoms with Crippen LogP contribution in [0.15, 0.2) is 48.6 Å². The smallest absolute Gasteiger partial charge is 0.504 e. The maximum absolute atomic E-state index is 14.5. The molecule has 6 heterocycles. The third-order valence-corrected chi connectivity index (χ3v) is 13.5. The number of hydrogen-bond acceptors (Lipinski definition) is 14. The Morgan fingerprint density at radius 3 is 1.26 bits per heavy atom. The standard InChI is InChI=1S/C46H68BO14.Na/c1-29-23-25-39-33(5)37(50)27-35(48)21-17-13-10-8-12-16-20-32(4)55-44(53)42-46-30(2)24-26-40(57-46)34(6)38(51)28-36(49)22-18-14-9-7-11-15-19-31(3)54-43(52)41-45(29,56-39)60-47(58-41,59-42)61-46;/h7-14,29-36,39-42,48-49H,15-28H2,1-6H3;/q-1;+1/b11-7-,12-8-,13-10+,14-9+;/t29-,30-,31?,32?,33?,34?,35?,36?,39+,40+,41?,42?,45+,46+,47?;/m1./s1. The van der Waals surface area contributed by atoms with Crippen molar-refractivity contribution in [3.8, 4) is 0 Å². The Balaban J connectivity index is 0.00000726. The molecule has 0 radical (unpaired) electrons. The Labute approximate surface area is 389 Å². The zero-order chi connectivity index (χ0) is 44.0. The Morgan fingerprint density at radius 2 is 0.887 bits per heavy atom. The molecule has 340 valence electrons. The van der Waals surface area contributed by atoms with Crippen LogP contribution in [0.1, 0.15) is 131 Å². The first-order chi connectivity index (χ1) is 29.1. The number of carbonyl (C=O) groups excluding carboxylic acids is 4. The van der Waals surface area contributed by atoms with E-state index in [2.05, 4.69) is 0 Å². The molecule has 4 fully saturated rings. The molecule has 0 saturated carbocycles. The van der Waals surface area contributed by atoms with Crippen molar-refractivity contribution in [3.63, 3.8) is 0 Å². The number of aliphatic hydroxyl groups is 2. The molecule has 14 atom stereocenters. The summed E-state index contributed by atoms with van der Waals surface area (Å²) in [5.41, 5.74) is 0. The summed E-state index contributed by atoms with van der Waals surface area (Å²) in [6.07, 6.45) is 13.6. The van der Waals surface area contributed by atoms with Crippen molar-refractivity contribution in [2.75, 3.05) is 0 Å². The molecule has 3 spiro atoms. The van der Waals surface area contributed by atoms with E-state index in [1.165, 1.54) is 0 Å². The molecule has 0 aromatic rings. The summed E-state index contributed by atoms with van der Waals surface area (Å²) >= 11 is 0. The van der Waals surface area contributed by atoms with Crippen molar-refractivity contribution in [2.45, 2.75) is 192 Å². The van der Waals surface area contributed by atoms with Crippen LogP contribution in [-0.2, 0) is 56.7 Å². The van der Waals surface area contributed by atoms with Crippen LogP contribution in [0, 0.1) is 23.7 Å². The van der Waals surface area contributed by atoms with Crippen molar-refractivity contribution in [3.05, 3.63) is 48.6 Å². The number of ketones is 2. The molecule has 0 amide bonds. The quantitative estimate of drug-likeness (QED) is 0.267. The number of ether oxygens (including phenoxy) is 4. The molecule has 4 saturated heterocycles. The molecule has 6 aliphatic rings. The van der Waals surface area contributed by atoms with Gasteiger partial charge in [-0.1, -0.05) is 76.3 Å². The summed E-state index contributed by atoms with van der Waals surface area (Å²) in [4.78, 5) is 56.4. The molecule has 0 aromatic heterocycles. The predicted molar refractivity (Wildman–Crippen MR) is 224 cm³/mol. The molecular formula is C46H68BNaO14. The average molecular weight is 879 g/mol. The molecule has 6 aliphatic heterocycles. The topological polar surface area (TPSA) is 183 Å². The van der Waals surface area contributed by atoms with Gasteiger partial charge in [0.15, 0.2) is 23.8 Å². The van der Waals surface area contributed by atoms with Crippen molar-refractivity contribution >= 4 is 30.5 Å². The van der Waals surface area contributed by atoms with Crippen molar-refractivity contribution in [1.29, 1.82) is 0 Å². The first kappa shape index (κ1) is 51.0. The van der Waals surface area contributed by atoms with Gasteiger partial charge in [-0.05, 0) is 90.9 Å². The number of aliphatic hydroxyl groups excluding tert-OH is 2. The SMILES string of the molecule is CC1CC/C=C\C=C\CCC(O)CC(=O)C(C)[C@@H]2CC[C@@H](C)[C@]3(O2)O[B-]24OC(C(=O)O1)[C@@]1(O[C@@H](CC[C@H]1C)C(C)C(=O)CC(O)CC/C=C/C=C\CCC(C)OC(=O)C3O2)O4.[Na+]. The zero-order valence-corrected chi connectivity index (χ0v) is 39.8. The Hall–Kier alpha value is -2.02. The maximum Gasteiger partial charge on any atom is 1.00 e. The number of rotatable bonds is 0. The van der Waals surface area contributed by atoms with Gasteiger partial charge in [-0.3, -0.25) is 9.59 Å². The maximum atomic E-state index is 14.5. The van der Waals surface area contributed by atoms with Crippen LogP contribution >= 0.6 is 0 Å². The summed E-state index contributed by atoms with van der Waals surface area (Å²) in [7, 11) is 0. The van der Waals surface area contributed by atoms with Crippen LogP contribution in [0.2, 0.25) is 0 Å². The second-order valence-electron chi connectivity index (χ2n) is 18.3. The van der Waals surface area contributed by atoms with E-state index in [-0.39, 0.29) is 54.0 Å². The van der Waals surface area contributed by atoms with Crippen molar-refractivity contribution < 1.29 is 96.5 Å². The molecule has 0 aromatic carbocycles. The van der Waals surface area contributed by atoms with Gasteiger partial charge in [0, 0.05) is 36.5 Å². The van der Waals surface area contributed by atoms with Crippen LogP contribution in [-0.4, -0.2) is 101 Å². The molecule has 8 unspecified atom stereocenters. The van der Waals surface area contributed by atoms with Crippen LogP contribution < -0.4 is 29.6 Å². The molecule has 16 heteroatoms. The summed E-state index contributed by atoms with van der Waals surface area (Å²) in [5, 5.41) is 21.7. The molecule has 7 bridgehead atoms. The third-order valence-electron chi connectivity index (χ3n) is 13.5. The predicted octanol–water partition coefficient (Wildman–Crippen LogP) is 3.43. The Bertz CT molecular complexity index is 1570. The van der Waals surface area contributed by atoms with Gasteiger partial charge in [0.05, 0.1) is 36.6 Å². The number of allylic oxidation sites excluding steroid dienone is 8. The van der Waals surface area contributed by atoms with E-state index < -0.39 is 103 Å². The molecule has 0 aliphatic carbocycles. The number of cyclic esters (lactones) is 2. The van der Waals surface area contributed by atoms with E-state index in [9.17, 15) is 29.4 Å². The summed E-state index contributed by atoms with van der Waals surface area (Å²) < 4.78 is 52.5. The van der Waals surface area contributed by atoms with Crippen LogP contribution in [0.3, 0.4) is 0 Å². The largest absolute Gasteiger partial charge is 1.00 e. The van der Waals surface area contributed by atoms with Gasteiger partial charge < -0.3 is 47.8 Å². The van der Waals surface area contributed by atoms with E-state index in [1.807, 2.05) is 62.5 Å². The first-order valence-electron chi connectivity index (χ1n) is 22.8. The second-order valence-corrected chi connectivity index (χ2v) is 18.3. The van der Waals surface area contributed by atoms with Gasteiger partial charge in [-0.25, -0.2) is 9.59 Å². The zero-order valence-electron chi connectivity index (χ0n) is 37.8. The van der Waals surface area contributed by atoms with Crippen molar-refractivity contribution in [2.24, 2.45) is 23.7 Å². The van der Waals surface area contributed by atoms with Gasteiger partial charge in [0.2, 0.25) is 0 Å². The van der Waals surface area contributed by atoms with Gasteiger partial charge in [-0.15, -0.1) is 0 Å². The fourth-order valence-electron chi connectivity index (χ4n) is 9.42. The van der Waals surface area contributed by atoms with Crippen LogP contribution in [0.25, 0.3) is 0 Å². The second kappa shape index (κ2) is 22.5. The minimum absolute atomic E-state index is 0. The van der Waals surface area contributed by atoms with E-state index in [4.69, 9.17) is 37.6 Å². The van der Waals surface area contributed by atoms with Gasteiger partial charge in [0.25, 0.3) is 0 Å². The van der Waals surface area contributed by atoms with E-state index in [0.717, 1.165) is 0 Å². The van der Waals surface area contributed by atoms with Crippen molar-refractivity contribution in [1.82, 2.24) is 0 Å². The number of carbonyl (C=O) groups is 4. The molecule has 62 heavy (non-hydrogen) atoms. The summed E-state index contributed by atoms with van der Waals surface area (Å²) in [5.74, 6) is -8.24. The normalized spacial score (nSPS) is 45.4. The minimum atomic E-state index is -3.51. The Morgan fingerprint density at radius 1 is 0.532 bits per heavy atom.